The number of nitro groups is 1. The minimum absolute atomic E-state index is 0.0420. The Morgan fingerprint density at radius 3 is 2.79 bits per heavy atom. The van der Waals surface area contributed by atoms with Gasteiger partial charge in [-0.2, -0.15) is 0 Å². The van der Waals surface area contributed by atoms with E-state index in [2.05, 4.69) is 15.5 Å². The Morgan fingerprint density at radius 1 is 1.31 bits per heavy atom. The van der Waals surface area contributed by atoms with Gasteiger partial charge in [-0.3, -0.25) is 14.9 Å². The fourth-order valence-corrected chi connectivity index (χ4v) is 3.54. The van der Waals surface area contributed by atoms with Gasteiger partial charge in [-0.15, -0.1) is 10.2 Å². The Labute approximate surface area is 174 Å². The maximum absolute atomic E-state index is 13.2. The summed E-state index contributed by atoms with van der Waals surface area (Å²) in [4.78, 5) is 22.7. The summed E-state index contributed by atoms with van der Waals surface area (Å²) in [6.45, 7) is 2.40. The molecular weight excluding hydrogens is 421 g/mol. The summed E-state index contributed by atoms with van der Waals surface area (Å²) < 4.78 is 15.0. The van der Waals surface area contributed by atoms with Crippen molar-refractivity contribution in [1.29, 1.82) is 0 Å². The molecule has 0 saturated carbocycles. The molecular formula is C18H15ClFN5O3S. The number of nitrogens with zero attached hydrogens (tertiary/aromatic N) is 4. The summed E-state index contributed by atoms with van der Waals surface area (Å²) >= 11 is 6.87. The van der Waals surface area contributed by atoms with Crippen molar-refractivity contribution in [2.45, 2.75) is 18.6 Å². The minimum atomic E-state index is -0.566. The van der Waals surface area contributed by atoms with Gasteiger partial charge in [-0.25, -0.2) is 4.39 Å². The number of rotatable bonds is 7. The van der Waals surface area contributed by atoms with Crippen LogP contribution >= 0.6 is 23.4 Å². The highest BCUT2D eigenvalue weighted by Gasteiger charge is 2.17. The lowest BCUT2D eigenvalue weighted by Gasteiger charge is -2.08. The van der Waals surface area contributed by atoms with Gasteiger partial charge < -0.3 is 9.88 Å². The zero-order valence-electron chi connectivity index (χ0n) is 15.1. The predicted molar refractivity (Wildman–Crippen MR) is 109 cm³/mol. The van der Waals surface area contributed by atoms with E-state index in [1.54, 1.807) is 16.7 Å². The van der Waals surface area contributed by atoms with Gasteiger partial charge in [-0.05, 0) is 25.1 Å². The Kier molecular flexibility index (Phi) is 6.45. The molecule has 0 aliphatic rings. The molecule has 3 rings (SSSR count). The number of benzene rings is 2. The molecule has 29 heavy (non-hydrogen) atoms. The van der Waals surface area contributed by atoms with Gasteiger partial charge >= 0.3 is 0 Å². The van der Waals surface area contributed by atoms with Crippen LogP contribution in [0.3, 0.4) is 0 Å². The van der Waals surface area contributed by atoms with Gasteiger partial charge in [0.15, 0.2) is 11.0 Å². The number of thioether (sulfide) groups is 1. The molecule has 0 spiro atoms. The number of halogens is 2. The van der Waals surface area contributed by atoms with Crippen molar-refractivity contribution in [3.05, 3.63) is 63.4 Å². The first kappa shape index (κ1) is 20.7. The molecule has 1 aromatic heterocycles. The first-order valence-corrected chi connectivity index (χ1v) is 9.81. The van der Waals surface area contributed by atoms with Gasteiger partial charge in [0.2, 0.25) is 5.91 Å². The minimum Gasteiger partial charge on any atom is -0.325 e. The zero-order valence-corrected chi connectivity index (χ0v) is 16.7. The maximum atomic E-state index is 13.2. The quantitative estimate of drug-likeness (QED) is 0.335. The van der Waals surface area contributed by atoms with Crippen LogP contribution in [-0.2, 0) is 11.3 Å². The van der Waals surface area contributed by atoms with Crippen LogP contribution in [0.25, 0.3) is 11.4 Å². The second-order valence-electron chi connectivity index (χ2n) is 5.82. The number of non-ortho nitro benzene ring substituents is 1. The number of nitro benzene ring substituents is 1. The van der Waals surface area contributed by atoms with Crippen molar-refractivity contribution in [2.75, 3.05) is 11.1 Å². The fourth-order valence-electron chi connectivity index (χ4n) is 2.55. The Bertz CT molecular complexity index is 1080. The lowest BCUT2D eigenvalue weighted by Crippen LogP contribution is -2.14. The van der Waals surface area contributed by atoms with Gasteiger partial charge in [-0.1, -0.05) is 35.5 Å². The Morgan fingerprint density at radius 2 is 2.10 bits per heavy atom. The molecule has 3 aromatic rings. The number of anilines is 1. The van der Waals surface area contributed by atoms with Crippen molar-refractivity contribution in [2.24, 2.45) is 0 Å². The van der Waals surface area contributed by atoms with Crippen LogP contribution in [0.5, 0.6) is 0 Å². The van der Waals surface area contributed by atoms with E-state index in [1.807, 2.05) is 6.92 Å². The van der Waals surface area contributed by atoms with Crippen molar-refractivity contribution in [3.8, 4) is 11.4 Å². The SMILES string of the molecule is CCn1c(SCC(=O)Nc2ccc(F)c(Cl)c2)nnc1-c1cccc([N+](=O)[O-])c1. The smallest absolute Gasteiger partial charge is 0.270 e. The summed E-state index contributed by atoms with van der Waals surface area (Å²) in [6, 6.07) is 10.0. The highest BCUT2D eigenvalue weighted by atomic mass is 35.5. The monoisotopic (exact) mass is 435 g/mol. The molecule has 8 nitrogen and oxygen atoms in total. The lowest BCUT2D eigenvalue weighted by molar-refractivity contribution is -0.384. The average molecular weight is 436 g/mol. The topological polar surface area (TPSA) is 103 Å². The zero-order chi connectivity index (χ0) is 21.0. The summed E-state index contributed by atoms with van der Waals surface area (Å²) in [5.41, 5.74) is 0.904. The summed E-state index contributed by atoms with van der Waals surface area (Å²) in [7, 11) is 0. The first-order valence-electron chi connectivity index (χ1n) is 8.44. The molecule has 0 bridgehead atoms. The number of carbonyl (C=O) groups is 1. The molecule has 11 heteroatoms. The molecule has 150 valence electrons. The standard InChI is InChI=1S/C18H15ClFN5O3S/c1-2-24-17(11-4-3-5-13(8-11)25(27)28)22-23-18(24)29-10-16(26)21-12-6-7-15(20)14(19)9-12/h3-9H,2,10H2,1H3,(H,21,26). The lowest BCUT2D eigenvalue weighted by atomic mass is 10.2. The van der Waals surface area contributed by atoms with E-state index < -0.39 is 10.7 Å². The average Bonchev–Trinajstić information content (AvgIpc) is 3.12. The van der Waals surface area contributed by atoms with Crippen LogP contribution in [0.15, 0.2) is 47.6 Å². The molecule has 0 aliphatic carbocycles. The van der Waals surface area contributed by atoms with Crippen LogP contribution in [0.4, 0.5) is 15.8 Å². The van der Waals surface area contributed by atoms with Crippen molar-refractivity contribution < 1.29 is 14.1 Å². The molecule has 1 N–H and O–H groups in total. The second-order valence-corrected chi connectivity index (χ2v) is 7.17. The molecule has 1 amide bonds. The van der Waals surface area contributed by atoms with Crippen LogP contribution < -0.4 is 5.32 Å². The second kappa shape index (κ2) is 9.01. The largest absolute Gasteiger partial charge is 0.325 e. The van der Waals surface area contributed by atoms with Crippen molar-refractivity contribution in [3.63, 3.8) is 0 Å². The van der Waals surface area contributed by atoms with Gasteiger partial charge in [0.1, 0.15) is 5.82 Å². The molecule has 0 aliphatic heterocycles. The summed E-state index contributed by atoms with van der Waals surface area (Å²) in [5.74, 6) is -0.365. The maximum Gasteiger partial charge on any atom is 0.270 e. The molecule has 1 heterocycles. The van der Waals surface area contributed by atoms with Crippen LogP contribution in [0.2, 0.25) is 5.02 Å². The third kappa shape index (κ3) is 4.90. The van der Waals surface area contributed by atoms with E-state index in [9.17, 15) is 19.3 Å². The number of hydrogen-bond donors (Lipinski definition) is 1. The van der Waals surface area contributed by atoms with Crippen molar-refractivity contribution >= 4 is 40.6 Å². The third-order valence-electron chi connectivity index (χ3n) is 3.88. The van der Waals surface area contributed by atoms with Crippen LogP contribution in [0.1, 0.15) is 6.92 Å². The number of aromatic nitrogens is 3. The van der Waals surface area contributed by atoms with E-state index in [0.717, 1.165) is 0 Å². The third-order valence-corrected chi connectivity index (χ3v) is 5.14. The van der Waals surface area contributed by atoms with Crippen LogP contribution in [-0.4, -0.2) is 31.3 Å². The number of carbonyl (C=O) groups excluding carboxylic acids is 1. The highest BCUT2D eigenvalue weighted by Crippen LogP contribution is 2.27. The normalized spacial score (nSPS) is 10.7. The number of hydrogen-bond acceptors (Lipinski definition) is 6. The Balaban J connectivity index is 1.72. The van der Waals surface area contributed by atoms with E-state index in [1.165, 1.54) is 42.1 Å². The molecule has 0 atom stereocenters. The summed E-state index contributed by atoms with van der Waals surface area (Å²) in [6.07, 6.45) is 0. The van der Waals surface area contributed by atoms with E-state index >= 15 is 0 Å². The van der Waals surface area contributed by atoms with E-state index in [-0.39, 0.29) is 22.4 Å². The molecule has 0 unspecified atom stereocenters. The van der Waals surface area contributed by atoms with Gasteiger partial charge in [0.25, 0.3) is 5.69 Å². The van der Waals surface area contributed by atoms with Gasteiger partial charge in [0, 0.05) is 29.9 Å². The number of amides is 1. The summed E-state index contributed by atoms with van der Waals surface area (Å²) in [5, 5.41) is 22.3. The predicted octanol–water partition coefficient (Wildman–Crippen LogP) is 4.40. The molecule has 0 saturated heterocycles. The number of nitrogens with one attached hydrogen (secondary N) is 1. The van der Waals surface area contributed by atoms with Crippen LogP contribution in [0, 0.1) is 15.9 Å². The molecule has 0 fully saturated rings. The van der Waals surface area contributed by atoms with E-state index in [0.29, 0.717) is 28.8 Å². The molecule has 0 radical (unpaired) electrons. The first-order chi connectivity index (χ1) is 13.9. The van der Waals surface area contributed by atoms with Crippen molar-refractivity contribution in [1.82, 2.24) is 14.8 Å². The molecule has 2 aromatic carbocycles. The fraction of sp³-hybridized carbons (Fsp3) is 0.167. The van der Waals surface area contributed by atoms with Gasteiger partial charge in [0.05, 0.1) is 15.7 Å². The van der Waals surface area contributed by atoms with E-state index in [4.69, 9.17) is 11.6 Å². The Hall–Kier alpha value is -2.98. The highest BCUT2D eigenvalue weighted by molar-refractivity contribution is 7.99.